The van der Waals surface area contributed by atoms with Gasteiger partial charge in [0.05, 0.1) is 11.4 Å². The molecule has 0 saturated carbocycles. The molecule has 0 amide bonds. The summed E-state index contributed by atoms with van der Waals surface area (Å²) in [5, 5.41) is 7.75. The van der Waals surface area contributed by atoms with Crippen LogP contribution in [0.15, 0.2) is 188 Å². The minimum atomic E-state index is 0.688. The minimum Gasteiger partial charge on any atom is -0.264 e. The average Bonchev–Trinajstić information content (AvgIpc) is 3.23. The molecule has 0 unspecified atom stereocenters. The first-order valence-electron chi connectivity index (χ1n) is 17.6. The molecule has 0 fully saturated rings. The Bertz CT molecular complexity index is 2760. The lowest BCUT2D eigenvalue weighted by Crippen LogP contribution is -1.96. The third kappa shape index (κ3) is 5.28. The quantitative estimate of drug-likeness (QED) is 0.166. The summed E-state index contributed by atoms with van der Waals surface area (Å²) in [6.45, 7) is 0. The Kier molecular flexibility index (Phi) is 7.14. The van der Waals surface area contributed by atoms with E-state index in [1.165, 1.54) is 43.4 Å². The van der Waals surface area contributed by atoms with E-state index in [9.17, 15) is 0 Å². The average molecular weight is 662 g/mol. The molecule has 242 valence electrons. The first-order valence-corrected chi connectivity index (χ1v) is 17.6. The SMILES string of the molecule is c1ccc(-c2cccc(-c3nc(-c4ccc(-c5ccc6ccc7cccc8ccc5c6c78)cc4)cc(-c4cccc(-c5cccnc5)c4)n3)c2)cc1. The second-order valence-electron chi connectivity index (χ2n) is 13.3. The van der Waals surface area contributed by atoms with Gasteiger partial charge in [0.1, 0.15) is 0 Å². The summed E-state index contributed by atoms with van der Waals surface area (Å²) in [5.74, 6) is 0.688. The summed E-state index contributed by atoms with van der Waals surface area (Å²) in [6, 6.07) is 62.5. The molecule has 10 rings (SSSR count). The van der Waals surface area contributed by atoms with Gasteiger partial charge >= 0.3 is 0 Å². The van der Waals surface area contributed by atoms with E-state index < -0.39 is 0 Å². The van der Waals surface area contributed by atoms with Crippen LogP contribution in [0.1, 0.15) is 0 Å². The Hall–Kier alpha value is -6.97. The van der Waals surface area contributed by atoms with Gasteiger partial charge in [-0.15, -0.1) is 0 Å². The molecule has 3 heteroatoms. The van der Waals surface area contributed by atoms with E-state index in [-0.39, 0.29) is 0 Å². The van der Waals surface area contributed by atoms with Crippen LogP contribution in [0, 0.1) is 0 Å². The van der Waals surface area contributed by atoms with E-state index in [2.05, 4.69) is 169 Å². The molecule has 2 aromatic heterocycles. The van der Waals surface area contributed by atoms with Gasteiger partial charge < -0.3 is 0 Å². The van der Waals surface area contributed by atoms with Crippen LogP contribution in [-0.2, 0) is 0 Å². The Morgan fingerprint density at radius 2 is 0.904 bits per heavy atom. The van der Waals surface area contributed by atoms with Gasteiger partial charge in [0.15, 0.2) is 5.82 Å². The molecule has 0 atom stereocenters. The van der Waals surface area contributed by atoms with Crippen LogP contribution in [0.25, 0.3) is 99.6 Å². The van der Waals surface area contributed by atoms with Crippen molar-refractivity contribution in [2.24, 2.45) is 0 Å². The molecule has 0 saturated heterocycles. The number of nitrogens with zero attached hydrogens (tertiary/aromatic N) is 3. The summed E-state index contributed by atoms with van der Waals surface area (Å²) in [5.41, 5.74) is 11.6. The molecule has 0 aliphatic heterocycles. The summed E-state index contributed by atoms with van der Waals surface area (Å²) in [6.07, 6.45) is 3.70. The summed E-state index contributed by atoms with van der Waals surface area (Å²) >= 11 is 0. The fourth-order valence-corrected chi connectivity index (χ4v) is 7.54. The molecule has 0 aliphatic carbocycles. The van der Waals surface area contributed by atoms with Crippen LogP contribution < -0.4 is 0 Å². The highest BCUT2D eigenvalue weighted by Gasteiger charge is 2.15. The maximum atomic E-state index is 5.20. The lowest BCUT2D eigenvalue weighted by atomic mass is 9.89. The molecule has 0 radical (unpaired) electrons. The number of hydrogen-bond acceptors (Lipinski definition) is 3. The zero-order chi connectivity index (χ0) is 34.4. The number of benzene rings is 8. The van der Waals surface area contributed by atoms with Crippen molar-refractivity contribution in [3.8, 4) is 67.3 Å². The summed E-state index contributed by atoms with van der Waals surface area (Å²) in [4.78, 5) is 14.7. The maximum absolute atomic E-state index is 5.20. The van der Waals surface area contributed by atoms with Gasteiger partial charge in [0.25, 0.3) is 0 Å². The molecule has 0 spiro atoms. The van der Waals surface area contributed by atoms with E-state index in [1.54, 1.807) is 6.20 Å². The van der Waals surface area contributed by atoms with Gasteiger partial charge in [0.2, 0.25) is 0 Å². The van der Waals surface area contributed by atoms with Crippen LogP contribution >= 0.6 is 0 Å². The summed E-state index contributed by atoms with van der Waals surface area (Å²) in [7, 11) is 0. The van der Waals surface area contributed by atoms with Crippen LogP contribution in [0.4, 0.5) is 0 Å². The Labute approximate surface area is 301 Å². The molecule has 52 heavy (non-hydrogen) atoms. The van der Waals surface area contributed by atoms with Crippen molar-refractivity contribution in [1.82, 2.24) is 15.0 Å². The molecule has 10 aromatic rings. The number of pyridine rings is 1. The zero-order valence-corrected chi connectivity index (χ0v) is 28.2. The van der Waals surface area contributed by atoms with Crippen molar-refractivity contribution in [2.75, 3.05) is 0 Å². The first-order chi connectivity index (χ1) is 25.7. The van der Waals surface area contributed by atoms with Crippen molar-refractivity contribution in [3.05, 3.63) is 188 Å². The largest absolute Gasteiger partial charge is 0.264 e. The van der Waals surface area contributed by atoms with Crippen LogP contribution in [0.3, 0.4) is 0 Å². The predicted octanol–water partition coefficient (Wildman–Crippen LogP) is 12.8. The van der Waals surface area contributed by atoms with E-state index >= 15 is 0 Å². The standard InChI is InChI=1S/C49H31N3/c1-2-8-32(9-3-1)38-12-6-15-41(29-38)49-51-45(30-46(52-49)40-14-5-13-39(28-40)42-16-7-27-50-31-42)34-19-17-33(18-20-34)43-25-23-37-22-21-35-10-4-11-36-24-26-44(43)48(37)47(35)36/h1-31H. The fraction of sp³-hybridized carbons (Fsp3) is 0. The first kappa shape index (κ1) is 29.9. The molecular formula is C49H31N3. The number of hydrogen-bond donors (Lipinski definition) is 0. The van der Waals surface area contributed by atoms with Crippen molar-refractivity contribution < 1.29 is 0 Å². The lowest BCUT2D eigenvalue weighted by Gasteiger charge is -2.14. The highest BCUT2D eigenvalue weighted by atomic mass is 14.9. The van der Waals surface area contributed by atoms with E-state index in [1.807, 2.05) is 18.3 Å². The molecule has 0 N–H and O–H groups in total. The van der Waals surface area contributed by atoms with Gasteiger partial charge in [-0.05, 0) is 84.4 Å². The molecule has 0 bridgehead atoms. The fourth-order valence-electron chi connectivity index (χ4n) is 7.54. The number of rotatable bonds is 6. The Balaban J connectivity index is 1.09. The van der Waals surface area contributed by atoms with Crippen molar-refractivity contribution in [3.63, 3.8) is 0 Å². The predicted molar refractivity (Wildman–Crippen MR) is 216 cm³/mol. The summed E-state index contributed by atoms with van der Waals surface area (Å²) < 4.78 is 0. The lowest BCUT2D eigenvalue weighted by molar-refractivity contribution is 1.18. The number of aromatic nitrogens is 3. The molecular weight excluding hydrogens is 631 g/mol. The van der Waals surface area contributed by atoms with E-state index in [0.717, 1.165) is 50.3 Å². The zero-order valence-electron chi connectivity index (χ0n) is 28.2. The third-order valence-electron chi connectivity index (χ3n) is 10.1. The van der Waals surface area contributed by atoms with Crippen LogP contribution in [-0.4, -0.2) is 15.0 Å². The van der Waals surface area contributed by atoms with Crippen LogP contribution in [0.2, 0.25) is 0 Å². The Morgan fingerprint density at radius 3 is 1.67 bits per heavy atom. The van der Waals surface area contributed by atoms with Gasteiger partial charge in [-0.3, -0.25) is 4.98 Å². The van der Waals surface area contributed by atoms with Crippen molar-refractivity contribution in [1.29, 1.82) is 0 Å². The highest BCUT2D eigenvalue weighted by Crippen LogP contribution is 2.40. The van der Waals surface area contributed by atoms with Crippen LogP contribution in [0.5, 0.6) is 0 Å². The molecule has 8 aromatic carbocycles. The van der Waals surface area contributed by atoms with E-state index in [0.29, 0.717) is 5.82 Å². The van der Waals surface area contributed by atoms with Crippen molar-refractivity contribution >= 4 is 32.3 Å². The van der Waals surface area contributed by atoms with Gasteiger partial charge in [-0.25, -0.2) is 9.97 Å². The van der Waals surface area contributed by atoms with Gasteiger partial charge in [-0.2, -0.15) is 0 Å². The van der Waals surface area contributed by atoms with Crippen molar-refractivity contribution in [2.45, 2.75) is 0 Å². The molecule has 3 nitrogen and oxygen atoms in total. The second kappa shape index (κ2) is 12.4. The van der Waals surface area contributed by atoms with Gasteiger partial charge in [0, 0.05) is 34.6 Å². The minimum absolute atomic E-state index is 0.688. The normalized spacial score (nSPS) is 11.5. The molecule has 2 heterocycles. The van der Waals surface area contributed by atoms with E-state index in [4.69, 9.17) is 9.97 Å². The monoisotopic (exact) mass is 661 g/mol. The third-order valence-corrected chi connectivity index (χ3v) is 10.1. The highest BCUT2D eigenvalue weighted by molar-refractivity contribution is 6.25. The van der Waals surface area contributed by atoms with Gasteiger partial charge in [-0.1, -0.05) is 152 Å². The second-order valence-corrected chi connectivity index (χ2v) is 13.3. The topological polar surface area (TPSA) is 38.7 Å². The molecule has 0 aliphatic rings. The maximum Gasteiger partial charge on any atom is 0.160 e. The Morgan fingerprint density at radius 1 is 0.327 bits per heavy atom. The smallest absolute Gasteiger partial charge is 0.160 e.